The summed E-state index contributed by atoms with van der Waals surface area (Å²) in [6.07, 6.45) is 1.50. The molecule has 0 unspecified atom stereocenters. The molecule has 2 aromatic carbocycles. The van der Waals surface area contributed by atoms with Gasteiger partial charge < -0.3 is 29.7 Å². The van der Waals surface area contributed by atoms with Gasteiger partial charge in [0.2, 0.25) is 27.7 Å². The van der Waals surface area contributed by atoms with Crippen molar-refractivity contribution in [2.45, 2.75) is 95.4 Å². The molecule has 2 saturated carbocycles. The van der Waals surface area contributed by atoms with Gasteiger partial charge in [-0.15, -0.1) is 29.3 Å². The molecule has 5 atom stereocenters. The van der Waals surface area contributed by atoms with Gasteiger partial charge in [0.1, 0.15) is 40.0 Å². The van der Waals surface area contributed by atoms with E-state index in [-0.39, 0.29) is 48.0 Å². The first-order valence-electron chi connectivity index (χ1n) is 20.7. The maximum Gasteiger partial charge on any atom is 0.357 e. The Balaban J connectivity index is 1.15. The van der Waals surface area contributed by atoms with Gasteiger partial charge in [0.05, 0.1) is 30.5 Å². The van der Waals surface area contributed by atoms with E-state index in [1.807, 2.05) is 34.6 Å². The number of halogens is 1. The number of methoxy groups -OCH3 is 1. The number of thiophene rings is 1. The number of nitrogens with zero attached hydrogens (tertiary/aromatic N) is 4. The molecule has 1 saturated heterocycles. The number of thiazole rings is 1. The monoisotopic (exact) mass is 933 g/mol. The summed E-state index contributed by atoms with van der Waals surface area (Å²) in [5.41, 5.74) is -1.27. The Kier molecular flexibility index (Phi) is 11.9. The number of benzene rings is 2. The first-order chi connectivity index (χ1) is 30.3. The van der Waals surface area contributed by atoms with Crippen molar-refractivity contribution < 1.29 is 46.2 Å². The number of esters is 1. The lowest BCUT2D eigenvalue weighted by Crippen LogP contribution is -2.58. The predicted molar refractivity (Wildman–Crippen MR) is 240 cm³/mol. The van der Waals surface area contributed by atoms with Crippen LogP contribution in [0, 0.1) is 17.2 Å². The van der Waals surface area contributed by atoms with Gasteiger partial charge in [-0.2, -0.15) is 4.98 Å². The van der Waals surface area contributed by atoms with Crippen LogP contribution in [0.2, 0.25) is 0 Å². The number of rotatable bonds is 15. The molecular formula is C44H48FN7O9S3. The van der Waals surface area contributed by atoms with E-state index in [4.69, 9.17) is 24.2 Å². The van der Waals surface area contributed by atoms with Gasteiger partial charge in [-0.05, 0) is 81.0 Å². The fourth-order valence-corrected chi connectivity index (χ4v) is 10.9. The van der Waals surface area contributed by atoms with Crippen LogP contribution in [0.25, 0.3) is 31.7 Å². The van der Waals surface area contributed by atoms with E-state index in [1.165, 1.54) is 46.9 Å². The molecule has 3 amide bonds. The van der Waals surface area contributed by atoms with E-state index in [1.54, 1.807) is 30.3 Å². The van der Waals surface area contributed by atoms with Gasteiger partial charge in [0, 0.05) is 33.4 Å². The molecule has 20 heteroatoms. The zero-order valence-corrected chi connectivity index (χ0v) is 38.4. The summed E-state index contributed by atoms with van der Waals surface area (Å²) in [4.78, 5) is 71.0. The van der Waals surface area contributed by atoms with E-state index in [2.05, 4.69) is 26.9 Å². The smallest absolute Gasteiger partial charge is 0.357 e. The summed E-state index contributed by atoms with van der Waals surface area (Å²) in [7, 11) is -2.72. The standard InChI is InChI=1S/C44H48FN7O9S3/c1-8-24-19-44(24,41(56)51-64(57,58)28-14-15-28)50-37(53)31-18-27(20-52(31)39(54)35(43(4,5)6)48-42-46-30(21-62-42)40(55)59-7)61-38-34-33(29-17-25(45)11-16-32(29)63-34)47-36(49-38)23-9-12-26(13-10-23)60-22(2)3/h8-13,16-17,21-22,24,27-28,31,35H,1,14-15,18-20H2,2-7H3,(H,46,48)(H,50,53)(H,51,56)/t24-,27-,31+,35-,44-/m1/s1. The number of nitrogens with one attached hydrogen (secondary N) is 3. The number of carbonyl (C=O) groups is 4. The zero-order chi connectivity index (χ0) is 45.9. The van der Waals surface area contributed by atoms with Crippen LogP contribution in [0.1, 0.15) is 70.8 Å². The van der Waals surface area contributed by atoms with E-state index < -0.39 is 79.8 Å². The Morgan fingerprint density at radius 1 is 1.06 bits per heavy atom. The highest BCUT2D eigenvalue weighted by Gasteiger charge is 2.62. The van der Waals surface area contributed by atoms with Crippen molar-refractivity contribution in [1.29, 1.82) is 0 Å². The molecule has 0 radical (unpaired) electrons. The molecule has 0 bridgehead atoms. The fraction of sp³-hybridized carbons (Fsp3) is 0.432. The third kappa shape index (κ3) is 8.99. The number of fused-ring (bicyclic) bond motifs is 3. The number of likely N-dealkylation sites (tertiary alicyclic amines) is 1. The summed E-state index contributed by atoms with van der Waals surface area (Å²) < 4.78 is 61.2. The van der Waals surface area contributed by atoms with Crippen LogP contribution in [0.15, 0.2) is 60.5 Å². The topological polar surface area (TPSA) is 208 Å². The Bertz CT molecular complexity index is 2790. The number of amides is 3. The average Bonchev–Trinajstić information content (AvgIpc) is 4.08. The fourth-order valence-electron chi connectivity index (χ4n) is 7.78. The van der Waals surface area contributed by atoms with Crippen molar-refractivity contribution in [3.05, 3.63) is 72.0 Å². The number of carbonyl (C=O) groups excluding carboxylic acids is 4. The van der Waals surface area contributed by atoms with Crippen LogP contribution in [-0.2, 0) is 29.1 Å². The number of aromatic nitrogens is 3. The number of anilines is 1. The second kappa shape index (κ2) is 17.0. The molecule has 1 aliphatic heterocycles. The summed E-state index contributed by atoms with van der Waals surface area (Å²) in [6.45, 7) is 13.0. The molecule has 338 valence electrons. The number of hydrogen-bond acceptors (Lipinski definition) is 15. The summed E-state index contributed by atoms with van der Waals surface area (Å²) in [5, 5.41) is 7.64. The zero-order valence-electron chi connectivity index (χ0n) is 36.0. The van der Waals surface area contributed by atoms with Crippen LogP contribution in [0.5, 0.6) is 11.6 Å². The van der Waals surface area contributed by atoms with Gasteiger partial charge >= 0.3 is 5.97 Å². The van der Waals surface area contributed by atoms with Crippen molar-refractivity contribution in [1.82, 2.24) is 29.9 Å². The quantitative estimate of drug-likeness (QED) is 0.0788. The highest BCUT2D eigenvalue weighted by Crippen LogP contribution is 2.46. The van der Waals surface area contributed by atoms with E-state index in [0.29, 0.717) is 39.8 Å². The van der Waals surface area contributed by atoms with Gasteiger partial charge in [-0.25, -0.2) is 27.6 Å². The molecule has 4 heterocycles. The van der Waals surface area contributed by atoms with E-state index >= 15 is 0 Å². The van der Waals surface area contributed by atoms with Crippen molar-refractivity contribution >= 4 is 81.8 Å². The van der Waals surface area contributed by atoms with Crippen molar-refractivity contribution in [2.24, 2.45) is 11.3 Å². The first-order valence-corrected chi connectivity index (χ1v) is 24.0. The first kappa shape index (κ1) is 44.9. The molecule has 16 nitrogen and oxygen atoms in total. The molecule has 3 N–H and O–H groups in total. The molecule has 2 aliphatic carbocycles. The third-order valence-electron chi connectivity index (χ3n) is 11.4. The van der Waals surface area contributed by atoms with Crippen LogP contribution >= 0.6 is 22.7 Å². The van der Waals surface area contributed by atoms with Crippen molar-refractivity contribution in [2.75, 3.05) is 19.0 Å². The molecule has 3 aliphatic rings. The Hall–Kier alpha value is -5.73. The molecule has 8 rings (SSSR count). The van der Waals surface area contributed by atoms with Crippen LogP contribution in [0.4, 0.5) is 9.52 Å². The van der Waals surface area contributed by atoms with E-state index in [9.17, 15) is 32.0 Å². The second-order valence-electron chi connectivity index (χ2n) is 17.6. The van der Waals surface area contributed by atoms with Gasteiger partial charge in [-0.1, -0.05) is 26.8 Å². The Morgan fingerprint density at radius 2 is 1.80 bits per heavy atom. The predicted octanol–water partition coefficient (Wildman–Crippen LogP) is 6.23. The number of hydrogen-bond donors (Lipinski definition) is 3. The SMILES string of the molecule is C=C[C@@H]1C[C@]1(NC(=O)[C@@H]1C[C@@H](Oc2nc(-c3ccc(OC(C)C)cc3)nc3c2sc2ccc(F)cc23)CN1C(=O)[C@@H](Nc1nc(C(=O)OC)cs1)C(C)(C)C)C(=O)NS(=O)(=O)C1CC1. The van der Waals surface area contributed by atoms with E-state index in [0.717, 1.165) is 16.0 Å². The maximum atomic E-state index is 15.0. The minimum Gasteiger partial charge on any atom is -0.491 e. The molecule has 3 aromatic heterocycles. The normalized spacial score (nSPS) is 21.4. The Morgan fingerprint density at radius 3 is 2.44 bits per heavy atom. The molecule has 5 aromatic rings. The Labute approximate surface area is 377 Å². The van der Waals surface area contributed by atoms with Gasteiger partial charge in [-0.3, -0.25) is 19.1 Å². The summed E-state index contributed by atoms with van der Waals surface area (Å²) >= 11 is 2.41. The molecule has 3 fully saturated rings. The lowest BCUT2D eigenvalue weighted by molar-refractivity contribution is -0.141. The lowest BCUT2D eigenvalue weighted by Gasteiger charge is -2.35. The van der Waals surface area contributed by atoms with Crippen LogP contribution in [0.3, 0.4) is 0 Å². The van der Waals surface area contributed by atoms with Crippen LogP contribution in [-0.4, -0.2) is 101 Å². The second-order valence-corrected chi connectivity index (χ2v) is 21.5. The summed E-state index contributed by atoms with van der Waals surface area (Å²) in [6, 6.07) is 9.40. The molecular weight excluding hydrogens is 886 g/mol. The van der Waals surface area contributed by atoms with Crippen molar-refractivity contribution in [3.8, 4) is 23.0 Å². The highest BCUT2D eigenvalue weighted by molar-refractivity contribution is 7.91. The molecule has 0 spiro atoms. The largest absolute Gasteiger partial charge is 0.491 e. The number of sulfonamides is 1. The minimum absolute atomic E-state index is 0.0469. The molecule has 64 heavy (non-hydrogen) atoms. The van der Waals surface area contributed by atoms with Crippen LogP contribution < -0.4 is 24.8 Å². The maximum absolute atomic E-state index is 15.0. The van der Waals surface area contributed by atoms with Gasteiger partial charge in [0.25, 0.3) is 5.91 Å². The third-order valence-corrected chi connectivity index (χ3v) is 15.1. The lowest BCUT2D eigenvalue weighted by atomic mass is 9.85. The van der Waals surface area contributed by atoms with Crippen molar-refractivity contribution in [3.63, 3.8) is 0 Å². The van der Waals surface area contributed by atoms with Gasteiger partial charge in [0.15, 0.2) is 16.6 Å². The minimum atomic E-state index is -3.96. The highest BCUT2D eigenvalue weighted by atomic mass is 32.2. The average molecular weight is 934 g/mol. The number of ether oxygens (including phenoxy) is 3. The summed E-state index contributed by atoms with van der Waals surface area (Å²) in [5.74, 6) is -2.66.